The molecule has 2 fully saturated rings. The first-order chi connectivity index (χ1) is 13.6. The van der Waals surface area contributed by atoms with Gasteiger partial charge in [0.15, 0.2) is 0 Å². The second kappa shape index (κ2) is 6.78. The summed E-state index contributed by atoms with van der Waals surface area (Å²) >= 11 is 13.1. The average Bonchev–Trinajstić information content (AvgIpc) is 3.37. The molecule has 2 aromatic carbocycles. The third-order valence-electron chi connectivity index (χ3n) is 6.13. The lowest BCUT2D eigenvalue weighted by Crippen LogP contribution is -2.03. The number of nitrogens with zero attached hydrogens (tertiary/aromatic N) is 2. The van der Waals surface area contributed by atoms with Crippen LogP contribution in [0, 0.1) is 11.8 Å². The largest absolute Gasteiger partial charge is 0.495 e. The minimum atomic E-state index is 0.455. The van der Waals surface area contributed by atoms with E-state index in [1.807, 2.05) is 24.4 Å². The normalized spacial score (nSPS) is 22.9. The van der Waals surface area contributed by atoms with E-state index in [-0.39, 0.29) is 0 Å². The molecular formula is C22H20Cl2N2O2. The number of hydrogen-bond donors (Lipinski definition) is 0. The first-order valence-electron chi connectivity index (χ1n) is 9.47. The van der Waals surface area contributed by atoms with Crippen molar-refractivity contribution in [3.8, 4) is 22.6 Å². The van der Waals surface area contributed by atoms with Crippen molar-refractivity contribution in [3.05, 3.63) is 46.3 Å². The maximum absolute atomic E-state index is 6.56. The fraction of sp³-hybridized carbons (Fsp3) is 0.364. The number of rotatable bonds is 4. The van der Waals surface area contributed by atoms with Gasteiger partial charge in [0.05, 0.1) is 29.8 Å². The zero-order valence-corrected chi connectivity index (χ0v) is 17.2. The molecule has 1 heterocycles. The number of halogens is 2. The minimum absolute atomic E-state index is 0.455. The molecule has 144 valence electrons. The molecule has 0 radical (unpaired) electrons. The van der Waals surface area contributed by atoms with Crippen LogP contribution in [-0.4, -0.2) is 24.2 Å². The Morgan fingerprint density at radius 1 is 1.00 bits per heavy atom. The summed E-state index contributed by atoms with van der Waals surface area (Å²) in [6.45, 7) is 0. The number of methoxy groups -OCH3 is 2. The monoisotopic (exact) mass is 414 g/mol. The Morgan fingerprint density at radius 2 is 1.75 bits per heavy atom. The molecule has 0 amide bonds. The number of fused-ring (bicyclic) bond motifs is 2. The van der Waals surface area contributed by atoms with Gasteiger partial charge in [0.1, 0.15) is 17.3 Å². The summed E-state index contributed by atoms with van der Waals surface area (Å²) in [6.07, 6.45) is 5.80. The summed E-state index contributed by atoms with van der Waals surface area (Å²) in [6, 6.07) is 7.70. The summed E-state index contributed by atoms with van der Waals surface area (Å²) in [7, 11) is 3.14. The summed E-state index contributed by atoms with van der Waals surface area (Å²) < 4.78 is 10.8. The van der Waals surface area contributed by atoms with Crippen LogP contribution in [-0.2, 0) is 0 Å². The van der Waals surface area contributed by atoms with Gasteiger partial charge < -0.3 is 9.47 Å². The second-order valence-electron chi connectivity index (χ2n) is 7.63. The van der Waals surface area contributed by atoms with Crippen molar-refractivity contribution in [2.45, 2.75) is 25.2 Å². The Bertz CT molecular complexity index is 1060. The van der Waals surface area contributed by atoms with Crippen LogP contribution in [0.1, 0.15) is 31.0 Å². The van der Waals surface area contributed by atoms with E-state index in [4.69, 9.17) is 37.7 Å². The molecule has 0 N–H and O–H groups in total. The SMILES string of the molecule is COc1cc(OC)c(Cl)c(-c2ccc3nc(C4CCC5CC54)ncc3c2)c1Cl. The van der Waals surface area contributed by atoms with Crippen molar-refractivity contribution in [2.75, 3.05) is 14.2 Å². The number of aromatic nitrogens is 2. The molecule has 0 bridgehead atoms. The fourth-order valence-electron chi connectivity index (χ4n) is 4.54. The lowest BCUT2D eigenvalue weighted by Gasteiger charge is -2.15. The molecule has 1 aromatic heterocycles. The highest BCUT2D eigenvalue weighted by atomic mass is 35.5. The lowest BCUT2D eigenvalue weighted by atomic mass is 10.0. The van der Waals surface area contributed by atoms with E-state index < -0.39 is 0 Å². The average molecular weight is 415 g/mol. The van der Waals surface area contributed by atoms with E-state index in [0.717, 1.165) is 34.1 Å². The van der Waals surface area contributed by atoms with Gasteiger partial charge in [-0.2, -0.15) is 0 Å². The zero-order valence-electron chi connectivity index (χ0n) is 15.7. The summed E-state index contributed by atoms with van der Waals surface area (Å²) in [4.78, 5) is 9.54. The predicted molar refractivity (Wildman–Crippen MR) is 112 cm³/mol. The molecule has 2 aliphatic rings. The van der Waals surface area contributed by atoms with E-state index in [1.165, 1.54) is 19.3 Å². The topological polar surface area (TPSA) is 44.2 Å². The van der Waals surface area contributed by atoms with E-state index in [0.29, 0.717) is 33.0 Å². The maximum atomic E-state index is 6.56. The standard InChI is InChI=1S/C22H20Cl2N2O2/c1-27-17-9-18(28-2)21(24)19(20(17)23)12-4-6-16-13(7-12)10-25-22(26-16)14-5-3-11-8-15(11)14/h4,6-7,9-11,14-15H,3,5,8H2,1-2H3. The molecule has 4 nitrogen and oxygen atoms in total. The van der Waals surface area contributed by atoms with Gasteiger partial charge in [0.2, 0.25) is 0 Å². The number of ether oxygens (including phenoxy) is 2. The molecule has 5 rings (SSSR count). The molecule has 3 atom stereocenters. The summed E-state index contributed by atoms with van der Waals surface area (Å²) in [5, 5.41) is 1.87. The van der Waals surface area contributed by atoms with Crippen molar-refractivity contribution in [1.29, 1.82) is 0 Å². The van der Waals surface area contributed by atoms with E-state index in [1.54, 1.807) is 20.3 Å². The van der Waals surface area contributed by atoms with Crippen molar-refractivity contribution < 1.29 is 9.47 Å². The number of hydrogen-bond acceptors (Lipinski definition) is 4. The lowest BCUT2D eigenvalue weighted by molar-refractivity contribution is 0.395. The Kier molecular flexibility index (Phi) is 4.37. The van der Waals surface area contributed by atoms with Crippen molar-refractivity contribution in [2.24, 2.45) is 11.8 Å². The van der Waals surface area contributed by atoms with Crippen molar-refractivity contribution in [3.63, 3.8) is 0 Å². The smallest absolute Gasteiger partial charge is 0.141 e. The Labute approximate surface area is 173 Å². The van der Waals surface area contributed by atoms with Gasteiger partial charge in [-0.15, -0.1) is 0 Å². The van der Waals surface area contributed by atoms with Gasteiger partial charge in [0, 0.05) is 29.1 Å². The van der Waals surface area contributed by atoms with Crippen LogP contribution in [0.5, 0.6) is 11.5 Å². The Balaban J connectivity index is 1.59. The summed E-state index contributed by atoms with van der Waals surface area (Å²) in [5.74, 6) is 4.28. The maximum Gasteiger partial charge on any atom is 0.141 e. The van der Waals surface area contributed by atoms with Crippen LogP contribution in [0.3, 0.4) is 0 Å². The highest BCUT2D eigenvalue weighted by Crippen LogP contribution is 2.58. The first-order valence-corrected chi connectivity index (χ1v) is 10.2. The van der Waals surface area contributed by atoms with Crippen LogP contribution < -0.4 is 9.47 Å². The number of benzene rings is 2. The highest BCUT2D eigenvalue weighted by Gasteiger charge is 2.49. The third-order valence-corrected chi connectivity index (χ3v) is 6.89. The van der Waals surface area contributed by atoms with Gasteiger partial charge in [-0.25, -0.2) is 9.97 Å². The minimum Gasteiger partial charge on any atom is -0.495 e. The second-order valence-corrected chi connectivity index (χ2v) is 8.39. The van der Waals surface area contributed by atoms with Gasteiger partial charge in [-0.05, 0) is 48.8 Å². The van der Waals surface area contributed by atoms with E-state index >= 15 is 0 Å². The van der Waals surface area contributed by atoms with Crippen LogP contribution in [0.15, 0.2) is 30.5 Å². The molecule has 28 heavy (non-hydrogen) atoms. The van der Waals surface area contributed by atoms with Gasteiger partial charge in [-0.1, -0.05) is 29.3 Å². The molecule has 3 aromatic rings. The zero-order chi connectivity index (χ0) is 19.4. The molecule has 2 aliphatic carbocycles. The van der Waals surface area contributed by atoms with E-state index in [2.05, 4.69) is 4.98 Å². The quantitative estimate of drug-likeness (QED) is 0.514. The van der Waals surface area contributed by atoms with Crippen LogP contribution >= 0.6 is 23.2 Å². The van der Waals surface area contributed by atoms with Crippen LogP contribution in [0.2, 0.25) is 10.0 Å². The summed E-state index contributed by atoms with van der Waals surface area (Å²) in [5.41, 5.74) is 2.50. The Morgan fingerprint density at radius 3 is 2.36 bits per heavy atom. The Hall–Kier alpha value is -2.04. The van der Waals surface area contributed by atoms with Crippen LogP contribution in [0.4, 0.5) is 0 Å². The highest BCUT2D eigenvalue weighted by molar-refractivity contribution is 6.41. The molecule has 2 saturated carbocycles. The van der Waals surface area contributed by atoms with Crippen molar-refractivity contribution >= 4 is 34.1 Å². The molecule has 0 aliphatic heterocycles. The fourth-order valence-corrected chi connectivity index (χ4v) is 5.26. The molecule has 6 heteroatoms. The molecular weight excluding hydrogens is 395 g/mol. The predicted octanol–water partition coefficient (Wildman–Crippen LogP) is 6.13. The van der Waals surface area contributed by atoms with Gasteiger partial charge in [0.25, 0.3) is 0 Å². The van der Waals surface area contributed by atoms with Crippen molar-refractivity contribution in [1.82, 2.24) is 9.97 Å². The van der Waals surface area contributed by atoms with Gasteiger partial charge in [-0.3, -0.25) is 0 Å². The molecule has 0 spiro atoms. The van der Waals surface area contributed by atoms with Gasteiger partial charge >= 0.3 is 0 Å². The first kappa shape index (κ1) is 18.0. The molecule has 3 unspecified atom stereocenters. The van der Waals surface area contributed by atoms with Crippen LogP contribution in [0.25, 0.3) is 22.0 Å². The third kappa shape index (κ3) is 2.82. The van der Waals surface area contributed by atoms with E-state index in [9.17, 15) is 0 Å². The molecule has 0 saturated heterocycles.